The molecule has 0 unspecified atom stereocenters. The van der Waals surface area contributed by atoms with E-state index in [4.69, 9.17) is 23.2 Å². The summed E-state index contributed by atoms with van der Waals surface area (Å²) in [5, 5.41) is 7.27. The van der Waals surface area contributed by atoms with Crippen LogP contribution in [0.1, 0.15) is 38.8 Å². The molecule has 39 heavy (non-hydrogen) atoms. The third-order valence-electron chi connectivity index (χ3n) is 7.28. The predicted octanol–water partition coefficient (Wildman–Crippen LogP) is 4.61. The molecule has 0 bridgehead atoms. The van der Waals surface area contributed by atoms with Crippen LogP contribution in [-0.2, 0) is 21.5 Å². The van der Waals surface area contributed by atoms with Crippen LogP contribution in [0.25, 0.3) is 0 Å². The van der Waals surface area contributed by atoms with Crippen molar-refractivity contribution in [3.8, 4) is 0 Å². The van der Waals surface area contributed by atoms with E-state index in [-0.39, 0.29) is 23.3 Å². The largest absolute Gasteiger partial charge is 0.339 e. The molecule has 4 amide bonds. The first-order valence-electron chi connectivity index (χ1n) is 13.3. The number of amides is 4. The number of carbonyl (C=O) groups is 3. The Balaban J connectivity index is 1.61. The van der Waals surface area contributed by atoms with E-state index in [9.17, 15) is 14.4 Å². The number of hydrogen-bond donors (Lipinski definition) is 2. The molecule has 2 N–H and O–H groups in total. The molecule has 2 aromatic rings. The normalized spacial score (nSPS) is 19.2. The van der Waals surface area contributed by atoms with Gasteiger partial charge < -0.3 is 20.4 Å². The van der Waals surface area contributed by atoms with Crippen molar-refractivity contribution in [2.75, 3.05) is 51.1 Å². The maximum atomic E-state index is 14.0. The molecule has 2 aliphatic rings. The van der Waals surface area contributed by atoms with Gasteiger partial charge in [-0.3, -0.25) is 14.5 Å². The summed E-state index contributed by atoms with van der Waals surface area (Å²) < 4.78 is 0. The van der Waals surface area contributed by atoms with Crippen LogP contribution in [0.2, 0.25) is 10.0 Å². The third-order valence-corrected chi connectivity index (χ3v) is 7.75. The molecule has 0 aliphatic carbocycles. The van der Waals surface area contributed by atoms with Crippen molar-refractivity contribution in [1.82, 2.24) is 20.0 Å². The number of halogens is 2. The predicted molar refractivity (Wildman–Crippen MR) is 155 cm³/mol. The average Bonchev–Trinajstić information content (AvgIpc) is 3.13. The van der Waals surface area contributed by atoms with Gasteiger partial charge in [0.05, 0.1) is 0 Å². The number of nitrogens with one attached hydrogen (secondary N) is 2. The van der Waals surface area contributed by atoms with Gasteiger partial charge >= 0.3 is 6.03 Å². The van der Waals surface area contributed by atoms with Crippen LogP contribution in [0.5, 0.6) is 0 Å². The van der Waals surface area contributed by atoms with Gasteiger partial charge in [0.1, 0.15) is 5.54 Å². The van der Waals surface area contributed by atoms with E-state index >= 15 is 0 Å². The van der Waals surface area contributed by atoms with Gasteiger partial charge in [-0.05, 0) is 35.2 Å². The molecule has 210 valence electrons. The number of urea groups is 1. The first-order chi connectivity index (χ1) is 18.4. The van der Waals surface area contributed by atoms with Gasteiger partial charge in [0.15, 0.2) is 0 Å². The molecule has 1 atom stereocenters. The van der Waals surface area contributed by atoms with E-state index < -0.39 is 5.54 Å². The van der Waals surface area contributed by atoms with E-state index in [1.54, 1.807) is 22.8 Å². The van der Waals surface area contributed by atoms with Gasteiger partial charge in [0, 0.05) is 80.5 Å². The second-order valence-corrected chi connectivity index (χ2v) is 12.4. The smallest absolute Gasteiger partial charge is 0.317 e. The number of anilines is 1. The van der Waals surface area contributed by atoms with Crippen molar-refractivity contribution in [2.45, 2.75) is 39.7 Å². The first kappa shape index (κ1) is 29.2. The maximum Gasteiger partial charge on any atom is 0.317 e. The zero-order chi connectivity index (χ0) is 28.4. The summed E-state index contributed by atoms with van der Waals surface area (Å²) >= 11 is 12.6. The van der Waals surface area contributed by atoms with Gasteiger partial charge in [-0.2, -0.15) is 0 Å². The van der Waals surface area contributed by atoms with Gasteiger partial charge in [-0.15, -0.1) is 0 Å². The fourth-order valence-electron chi connectivity index (χ4n) is 5.48. The number of nitrogens with zero attached hydrogens (tertiary/aromatic N) is 3. The van der Waals surface area contributed by atoms with Crippen LogP contribution >= 0.6 is 23.2 Å². The van der Waals surface area contributed by atoms with E-state index in [0.717, 1.165) is 11.1 Å². The third kappa shape index (κ3) is 6.68. The molecule has 2 heterocycles. The molecule has 4 rings (SSSR count). The summed E-state index contributed by atoms with van der Waals surface area (Å²) in [5.74, 6) is -0.107. The molecule has 1 fully saturated rings. The zero-order valence-corrected chi connectivity index (χ0v) is 24.5. The van der Waals surface area contributed by atoms with Crippen molar-refractivity contribution in [3.05, 3.63) is 63.6 Å². The highest BCUT2D eigenvalue weighted by Gasteiger charge is 2.51. The van der Waals surface area contributed by atoms with E-state index in [2.05, 4.69) is 36.3 Å². The van der Waals surface area contributed by atoms with Crippen LogP contribution in [0.3, 0.4) is 0 Å². The van der Waals surface area contributed by atoms with Gasteiger partial charge in [0.25, 0.3) is 0 Å². The summed E-state index contributed by atoms with van der Waals surface area (Å²) in [4.78, 5) is 44.2. The molecule has 0 radical (unpaired) electrons. The summed E-state index contributed by atoms with van der Waals surface area (Å²) in [5.41, 5.74) is 1.33. The lowest BCUT2D eigenvalue weighted by Gasteiger charge is -2.43. The summed E-state index contributed by atoms with van der Waals surface area (Å²) in [7, 11) is 0. The number of rotatable bonds is 7. The number of carbonyl (C=O) groups excluding carboxylic acids is 3. The Morgan fingerprint density at radius 3 is 2.33 bits per heavy atom. The lowest BCUT2D eigenvalue weighted by Crippen LogP contribution is -2.57. The second kappa shape index (κ2) is 11.7. The fraction of sp³-hybridized carbons (Fsp3) is 0.483. The molecule has 1 saturated heterocycles. The molecule has 10 heteroatoms. The molecule has 2 aromatic carbocycles. The summed E-state index contributed by atoms with van der Waals surface area (Å²) in [6.45, 7) is 11.4. The lowest BCUT2D eigenvalue weighted by molar-refractivity contribution is -0.130. The van der Waals surface area contributed by atoms with Crippen LogP contribution in [-0.4, -0.2) is 78.4 Å². The van der Waals surface area contributed by atoms with Gasteiger partial charge in [-0.25, -0.2) is 4.79 Å². The minimum Gasteiger partial charge on any atom is -0.339 e. The van der Waals surface area contributed by atoms with E-state index in [1.807, 2.05) is 36.4 Å². The summed E-state index contributed by atoms with van der Waals surface area (Å²) in [6.07, 6.45) is 0.408. The molecule has 8 nitrogen and oxygen atoms in total. The highest BCUT2D eigenvalue weighted by molar-refractivity contribution is 6.31. The van der Waals surface area contributed by atoms with Crippen molar-refractivity contribution in [2.24, 2.45) is 5.41 Å². The van der Waals surface area contributed by atoms with Crippen molar-refractivity contribution in [1.29, 1.82) is 0 Å². The molecule has 0 saturated carbocycles. The molecular formula is C29H37Cl2N5O3. The Morgan fingerprint density at radius 2 is 1.69 bits per heavy atom. The van der Waals surface area contributed by atoms with Crippen LogP contribution in [0, 0.1) is 5.41 Å². The van der Waals surface area contributed by atoms with Crippen molar-refractivity contribution >= 4 is 46.7 Å². The number of piperazine rings is 1. The summed E-state index contributed by atoms with van der Waals surface area (Å²) in [6, 6.07) is 12.9. The Labute approximate surface area is 240 Å². The van der Waals surface area contributed by atoms with Gasteiger partial charge in [0.2, 0.25) is 11.8 Å². The van der Waals surface area contributed by atoms with Crippen molar-refractivity contribution in [3.63, 3.8) is 0 Å². The standard InChI is InChI=1S/C29H37Cl2N5O3/c1-20(37)34-12-14-35(15-13-34)27(39)32-10-11-36(19-28(2,3)4)29(18-21-6-5-7-22(30)16-21)24-9-8-23(31)17-25(24)33-26(29)38/h5-9,16-17H,10-15,18-19H2,1-4H3,(H,32,39)(H,33,38)/t29-/m0/s1. The minimum absolute atomic E-state index is 0.0225. The van der Waals surface area contributed by atoms with E-state index in [0.29, 0.717) is 68.0 Å². The van der Waals surface area contributed by atoms with Crippen LogP contribution < -0.4 is 10.6 Å². The minimum atomic E-state index is -1.02. The van der Waals surface area contributed by atoms with E-state index in [1.165, 1.54) is 0 Å². The number of benzene rings is 2. The Hall–Kier alpha value is -2.81. The number of hydrogen-bond acceptors (Lipinski definition) is 4. The quantitative estimate of drug-likeness (QED) is 0.506. The SMILES string of the molecule is CC(=O)N1CCN(C(=O)NCCN(CC(C)(C)C)[C@]2(Cc3cccc(Cl)c3)C(=O)Nc3cc(Cl)ccc32)CC1. The molecular weight excluding hydrogens is 537 g/mol. The van der Waals surface area contributed by atoms with Crippen LogP contribution in [0.4, 0.5) is 10.5 Å². The highest BCUT2D eigenvalue weighted by Crippen LogP contribution is 2.45. The monoisotopic (exact) mass is 573 g/mol. The van der Waals surface area contributed by atoms with Crippen LogP contribution in [0.15, 0.2) is 42.5 Å². The topological polar surface area (TPSA) is 85.0 Å². The maximum absolute atomic E-state index is 14.0. The van der Waals surface area contributed by atoms with Gasteiger partial charge in [-0.1, -0.05) is 62.2 Å². The Morgan fingerprint density at radius 1 is 1.03 bits per heavy atom. The van der Waals surface area contributed by atoms with Crippen molar-refractivity contribution < 1.29 is 14.4 Å². The Bertz CT molecular complexity index is 1240. The molecule has 0 spiro atoms. The first-order valence-corrected chi connectivity index (χ1v) is 14.0. The Kier molecular flexibility index (Phi) is 8.78. The molecule has 0 aromatic heterocycles. The lowest BCUT2D eigenvalue weighted by atomic mass is 9.81. The second-order valence-electron chi connectivity index (χ2n) is 11.5. The fourth-order valence-corrected chi connectivity index (χ4v) is 5.87. The zero-order valence-electron chi connectivity index (χ0n) is 23.0. The average molecular weight is 575 g/mol. The highest BCUT2D eigenvalue weighted by atomic mass is 35.5. The molecule has 2 aliphatic heterocycles. The number of fused-ring (bicyclic) bond motifs is 1.